The number of anilines is 1. The summed E-state index contributed by atoms with van der Waals surface area (Å²) in [6.45, 7) is 3.01. The summed E-state index contributed by atoms with van der Waals surface area (Å²) in [4.78, 5) is 0. The molecule has 0 heterocycles. The van der Waals surface area contributed by atoms with Crippen LogP contribution >= 0.6 is 15.9 Å². The van der Waals surface area contributed by atoms with E-state index in [9.17, 15) is 0 Å². The molecule has 0 bridgehead atoms. The Labute approximate surface area is 118 Å². The van der Waals surface area contributed by atoms with E-state index in [2.05, 4.69) is 52.4 Å². The van der Waals surface area contributed by atoms with Crippen molar-refractivity contribution in [3.8, 4) is 0 Å². The van der Waals surface area contributed by atoms with Crippen molar-refractivity contribution in [2.75, 3.05) is 11.9 Å². The second kappa shape index (κ2) is 6.07. The monoisotopic (exact) mass is 310 g/mol. The zero-order chi connectivity index (χ0) is 13.0. The van der Waals surface area contributed by atoms with Gasteiger partial charge in [0, 0.05) is 22.2 Å². The molecule has 0 aliphatic heterocycles. The van der Waals surface area contributed by atoms with E-state index < -0.39 is 0 Å². The average Bonchev–Trinajstić information content (AvgIpc) is 2.39. The van der Waals surface area contributed by atoms with Gasteiger partial charge in [0.15, 0.2) is 0 Å². The van der Waals surface area contributed by atoms with E-state index in [0.717, 1.165) is 16.9 Å². The van der Waals surface area contributed by atoms with Gasteiger partial charge in [-0.25, -0.2) is 0 Å². The van der Waals surface area contributed by atoms with Crippen molar-refractivity contribution in [1.82, 2.24) is 0 Å². The fourth-order valence-corrected chi connectivity index (χ4v) is 3.46. The molecule has 0 spiro atoms. The first-order valence-electron chi connectivity index (χ1n) is 6.91. The van der Waals surface area contributed by atoms with Crippen LogP contribution in [-0.2, 0) is 0 Å². The molecule has 1 aliphatic rings. The predicted octanol–water partition coefficient (Wildman–Crippen LogP) is 4.16. The molecule has 18 heavy (non-hydrogen) atoms. The Morgan fingerprint density at radius 3 is 3.00 bits per heavy atom. The van der Waals surface area contributed by atoms with Crippen molar-refractivity contribution < 1.29 is 0 Å². The molecule has 3 N–H and O–H groups in total. The first-order valence-corrected chi connectivity index (χ1v) is 7.70. The Bertz CT molecular complexity index is 394. The molecular formula is C15H23BrN2. The van der Waals surface area contributed by atoms with Crippen LogP contribution in [0.5, 0.6) is 0 Å². The van der Waals surface area contributed by atoms with E-state index in [1.165, 1.54) is 37.8 Å². The molecule has 1 fully saturated rings. The van der Waals surface area contributed by atoms with Gasteiger partial charge in [-0.3, -0.25) is 0 Å². The summed E-state index contributed by atoms with van der Waals surface area (Å²) in [6.07, 6.45) is 6.30. The third-order valence-corrected chi connectivity index (χ3v) is 4.64. The van der Waals surface area contributed by atoms with Crippen LogP contribution in [0, 0.1) is 5.92 Å². The van der Waals surface area contributed by atoms with Crippen LogP contribution < -0.4 is 11.1 Å². The van der Waals surface area contributed by atoms with Crippen molar-refractivity contribution in [3.05, 3.63) is 28.7 Å². The first-order chi connectivity index (χ1) is 8.67. The lowest BCUT2D eigenvalue weighted by Crippen LogP contribution is -2.49. The standard InChI is InChI=1S/C15H23BrN2/c1-2-12-5-4-8-15(10-12,11-17)18-14-7-3-6-13(16)9-14/h3,6-7,9,12,18H,2,4-5,8,10-11,17H2,1H3. The summed E-state index contributed by atoms with van der Waals surface area (Å²) in [5.74, 6) is 0.821. The quantitative estimate of drug-likeness (QED) is 0.876. The minimum atomic E-state index is 0.0969. The number of hydrogen-bond acceptors (Lipinski definition) is 2. The fourth-order valence-electron chi connectivity index (χ4n) is 3.06. The molecule has 0 amide bonds. The Hall–Kier alpha value is -0.540. The van der Waals surface area contributed by atoms with Crippen molar-refractivity contribution in [2.24, 2.45) is 11.7 Å². The van der Waals surface area contributed by atoms with E-state index in [4.69, 9.17) is 5.73 Å². The van der Waals surface area contributed by atoms with Gasteiger partial charge >= 0.3 is 0 Å². The molecule has 2 unspecified atom stereocenters. The maximum atomic E-state index is 6.07. The SMILES string of the molecule is CCC1CCCC(CN)(Nc2cccc(Br)c2)C1. The highest BCUT2D eigenvalue weighted by atomic mass is 79.9. The summed E-state index contributed by atoms with van der Waals surface area (Å²) in [6, 6.07) is 8.37. The summed E-state index contributed by atoms with van der Waals surface area (Å²) in [5, 5.41) is 3.69. The van der Waals surface area contributed by atoms with Crippen molar-refractivity contribution in [1.29, 1.82) is 0 Å². The predicted molar refractivity (Wildman–Crippen MR) is 81.8 cm³/mol. The molecule has 0 aromatic heterocycles. The lowest BCUT2D eigenvalue weighted by atomic mass is 9.74. The number of nitrogens with one attached hydrogen (secondary N) is 1. The van der Waals surface area contributed by atoms with E-state index in [-0.39, 0.29) is 5.54 Å². The zero-order valence-electron chi connectivity index (χ0n) is 11.1. The number of hydrogen-bond donors (Lipinski definition) is 2. The molecule has 0 radical (unpaired) electrons. The molecule has 1 aromatic rings. The maximum absolute atomic E-state index is 6.07. The molecule has 1 aliphatic carbocycles. The van der Waals surface area contributed by atoms with Crippen LogP contribution in [0.2, 0.25) is 0 Å². The van der Waals surface area contributed by atoms with E-state index in [0.29, 0.717) is 0 Å². The Balaban J connectivity index is 2.12. The van der Waals surface area contributed by atoms with Crippen LogP contribution in [-0.4, -0.2) is 12.1 Å². The highest BCUT2D eigenvalue weighted by Crippen LogP contribution is 2.36. The smallest absolute Gasteiger partial charge is 0.0498 e. The van der Waals surface area contributed by atoms with Crippen LogP contribution in [0.25, 0.3) is 0 Å². The van der Waals surface area contributed by atoms with Gasteiger partial charge < -0.3 is 11.1 Å². The highest BCUT2D eigenvalue weighted by Gasteiger charge is 2.34. The fraction of sp³-hybridized carbons (Fsp3) is 0.600. The second-order valence-corrected chi connectivity index (χ2v) is 6.41. The lowest BCUT2D eigenvalue weighted by Gasteiger charge is -2.41. The molecule has 2 rings (SSSR count). The molecule has 2 atom stereocenters. The number of nitrogens with two attached hydrogens (primary N) is 1. The normalized spacial score (nSPS) is 28.1. The van der Waals surface area contributed by atoms with E-state index in [1.807, 2.05) is 0 Å². The molecule has 3 heteroatoms. The van der Waals surface area contributed by atoms with Crippen molar-refractivity contribution in [2.45, 2.75) is 44.6 Å². The van der Waals surface area contributed by atoms with Gasteiger partial charge in [0.25, 0.3) is 0 Å². The molecule has 2 nitrogen and oxygen atoms in total. The molecule has 0 saturated heterocycles. The minimum absolute atomic E-state index is 0.0969. The average molecular weight is 311 g/mol. The maximum Gasteiger partial charge on any atom is 0.0498 e. The van der Waals surface area contributed by atoms with Gasteiger partial charge in [0.05, 0.1) is 0 Å². The van der Waals surface area contributed by atoms with Crippen LogP contribution in [0.4, 0.5) is 5.69 Å². The topological polar surface area (TPSA) is 38.0 Å². The Morgan fingerprint density at radius 1 is 1.50 bits per heavy atom. The van der Waals surface area contributed by atoms with Crippen molar-refractivity contribution >= 4 is 21.6 Å². The van der Waals surface area contributed by atoms with Gasteiger partial charge in [0.1, 0.15) is 0 Å². The van der Waals surface area contributed by atoms with Crippen LogP contribution in [0.1, 0.15) is 39.0 Å². The molecule has 1 saturated carbocycles. The van der Waals surface area contributed by atoms with Crippen LogP contribution in [0.3, 0.4) is 0 Å². The summed E-state index contributed by atoms with van der Waals surface area (Å²) >= 11 is 3.52. The van der Waals surface area contributed by atoms with Crippen molar-refractivity contribution in [3.63, 3.8) is 0 Å². The lowest BCUT2D eigenvalue weighted by molar-refractivity contribution is 0.244. The van der Waals surface area contributed by atoms with E-state index >= 15 is 0 Å². The largest absolute Gasteiger partial charge is 0.378 e. The van der Waals surface area contributed by atoms with Crippen LogP contribution in [0.15, 0.2) is 28.7 Å². The number of halogens is 1. The summed E-state index contributed by atoms with van der Waals surface area (Å²) in [7, 11) is 0. The summed E-state index contributed by atoms with van der Waals surface area (Å²) in [5.41, 5.74) is 7.34. The van der Waals surface area contributed by atoms with Gasteiger partial charge in [-0.15, -0.1) is 0 Å². The van der Waals surface area contributed by atoms with Gasteiger partial charge in [0.2, 0.25) is 0 Å². The van der Waals surface area contributed by atoms with Gasteiger partial charge in [-0.05, 0) is 37.0 Å². The molecule has 1 aromatic carbocycles. The second-order valence-electron chi connectivity index (χ2n) is 5.49. The first kappa shape index (κ1) is 13.9. The Kier molecular flexibility index (Phi) is 4.68. The molecular weight excluding hydrogens is 288 g/mol. The highest BCUT2D eigenvalue weighted by molar-refractivity contribution is 9.10. The third kappa shape index (κ3) is 3.27. The molecule has 100 valence electrons. The Morgan fingerprint density at radius 2 is 2.33 bits per heavy atom. The zero-order valence-corrected chi connectivity index (χ0v) is 12.7. The van der Waals surface area contributed by atoms with Gasteiger partial charge in [-0.1, -0.05) is 48.2 Å². The van der Waals surface area contributed by atoms with Gasteiger partial charge in [-0.2, -0.15) is 0 Å². The van der Waals surface area contributed by atoms with E-state index in [1.54, 1.807) is 0 Å². The third-order valence-electron chi connectivity index (χ3n) is 4.15. The number of rotatable bonds is 4. The minimum Gasteiger partial charge on any atom is -0.378 e. The summed E-state index contributed by atoms with van der Waals surface area (Å²) < 4.78 is 1.11. The number of benzene rings is 1.